The summed E-state index contributed by atoms with van der Waals surface area (Å²) in [5.74, 6) is 0.392. The van der Waals surface area contributed by atoms with Crippen molar-refractivity contribution >= 4 is 43.1 Å². The minimum atomic E-state index is 0.392. The van der Waals surface area contributed by atoms with Gasteiger partial charge in [-0.05, 0) is 42.7 Å². The van der Waals surface area contributed by atoms with Crippen LogP contribution < -0.4 is 0 Å². The largest absolute Gasteiger partial charge is 0.508 e. The zero-order chi connectivity index (χ0) is 13.6. The van der Waals surface area contributed by atoms with Crippen LogP contribution in [0.3, 0.4) is 0 Å². The maximum atomic E-state index is 9.97. The lowest BCUT2D eigenvalue weighted by atomic mass is 10.0. The van der Waals surface area contributed by atoms with Crippen molar-refractivity contribution in [2.45, 2.75) is 26.7 Å². The summed E-state index contributed by atoms with van der Waals surface area (Å²) in [6.07, 6.45) is 1.77. The lowest BCUT2D eigenvalue weighted by Gasteiger charge is -2.03. The van der Waals surface area contributed by atoms with Gasteiger partial charge in [0.15, 0.2) is 0 Å². The number of phenolic OH excluding ortho intramolecular Hbond substituents is 1. The molecule has 19 heavy (non-hydrogen) atoms. The van der Waals surface area contributed by atoms with E-state index in [-0.39, 0.29) is 0 Å². The third-order valence-electron chi connectivity index (χ3n) is 3.62. The molecule has 0 saturated heterocycles. The average molecular weight is 291 g/mol. The lowest BCUT2D eigenvalue weighted by Crippen LogP contribution is -1.82. The van der Waals surface area contributed by atoms with Gasteiger partial charge in [-0.1, -0.05) is 25.4 Å². The van der Waals surface area contributed by atoms with Crippen molar-refractivity contribution in [2.75, 3.05) is 0 Å². The number of benzene rings is 2. The van der Waals surface area contributed by atoms with Gasteiger partial charge in [-0.3, -0.25) is 0 Å². The normalized spacial score (nSPS) is 11.5. The van der Waals surface area contributed by atoms with E-state index in [1.165, 1.54) is 25.7 Å². The van der Waals surface area contributed by atoms with Crippen molar-refractivity contribution in [3.05, 3.63) is 40.4 Å². The van der Waals surface area contributed by atoms with Crippen molar-refractivity contribution in [1.29, 1.82) is 0 Å². The topological polar surface area (TPSA) is 20.2 Å². The Morgan fingerprint density at radius 2 is 1.89 bits per heavy atom. The highest BCUT2D eigenvalue weighted by Gasteiger charge is 2.13. The standard InChI is InChI=1S/C16H15ClOS/c1-3-9-7-12-11-5-6-14(18)10(4-2)16(11)19-15(12)8-13(9)17/h5-8,18H,3-4H2,1-2H3. The molecule has 0 aliphatic heterocycles. The predicted molar refractivity (Wildman–Crippen MR) is 84.8 cm³/mol. The first-order chi connectivity index (χ1) is 9.15. The van der Waals surface area contributed by atoms with Gasteiger partial charge in [-0.25, -0.2) is 0 Å². The fraction of sp³-hybridized carbons (Fsp3) is 0.250. The van der Waals surface area contributed by atoms with E-state index >= 15 is 0 Å². The summed E-state index contributed by atoms with van der Waals surface area (Å²) in [6.45, 7) is 4.19. The summed E-state index contributed by atoms with van der Waals surface area (Å²) in [4.78, 5) is 0. The van der Waals surface area contributed by atoms with Crippen molar-refractivity contribution in [3.8, 4) is 5.75 Å². The molecule has 0 spiro atoms. The number of aryl methyl sites for hydroxylation is 2. The van der Waals surface area contributed by atoms with Crippen LogP contribution in [0.2, 0.25) is 5.02 Å². The second kappa shape index (κ2) is 4.69. The molecule has 98 valence electrons. The minimum absolute atomic E-state index is 0.392. The maximum absolute atomic E-state index is 9.97. The van der Waals surface area contributed by atoms with Gasteiger partial charge >= 0.3 is 0 Å². The van der Waals surface area contributed by atoms with Crippen LogP contribution >= 0.6 is 22.9 Å². The third-order valence-corrected chi connectivity index (χ3v) is 5.20. The van der Waals surface area contributed by atoms with Crippen molar-refractivity contribution in [1.82, 2.24) is 0 Å². The molecule has 3 aromatic rings. The first-order valence-corrected chi connectivity index (χ1v) is 7.70. The molecule has 0 amide bonds. The van der Waals surface area contributed by atoms with Crippen molar-refractivity contribution in [2.24, 2.45) is 0 Å². The first kappa shape index (κ1) is 12.8. The number of thiophene rings is 1. The highest BCUT2D eigenvalue weighted by atomic mass is 35.5. The number of rotatable bonds is 2. The quantitative estimate of drug-likeness (QED) is 0.657. The molecule has 0 unspecified atom stereocenters. The Bertz CT molecular complexity index is 773. The number of hydrogen-bond donors (Lipinski definition) is 1. The Morgan fingerprint density at radius 3 is 2.58 bits per heavy atom. The van der Waals surface area contributed by atoms with Gasteiger partial charge in [-0.2, -0.15) is 0 Å². The average Bonchev–Trinajstić information content (AvgIpc) is 2.74. The zero-order valence-electron chi connectivity index (χ0n) is 11.0. The molecule has 0 saturated carbocycles. The van der Waals surface area contributed by atoms with Crippen LogP contribution in [0.15, 0.2) is 24.3 Å². The van der Waals surface area contributed by atoms with Crippen LogP contribution in [-0.4, -0.2) is 5.11 Å². The molecule has 2 aromatic carbocycles. The van der Waals surface area contributed by atoms with Crippen LogP contribution in [-0.2, 0) is 12.8 Å². The smallest absolute Gasteiger partial charge is 0.120 e. The van der Waals surface area contributed by atoms with Gasteiger partial charge in [0.25, 0.3) is 0 Å². The first-order valence-electron chi connectivity index (χ1n) is 6.51. The van der Waals surface area contributed by atoms with E-state index in [1.807, 2.05) is 6.07 Å². The molecule has 0 aliphatic rings. The molecule has 1 aromatic heterocycles. The summed E-state index contributed by atoms with van der Waals surface area (Å²) >= 11 is 8.01. The third kappa shape index (κ3) is 1.90. The molecular weight excluding hydrogens is 276 g/mol. The number of fused-ring (bicyclic) bond motifs is 3. The highest BCUT2D eigenvalue weighted by Crippen LogP contribution is 2.41. The number of halogens is 1. The molecule has 1 nitrogen and oxygen atoms in total. The number of aromatic hydroxyl groups is 1. The van der Waals surface area contributed by atoms with Crippen LogP contribution in [0.25, 0.3) is 20.2 Å². The molecule has 0 fully saturated rings. The van der Waals surface area contributed by atoms with Crippen LogP contribution in [0.4, 0.5) is 0 Å². The van der Waals surface area contributed by atoms with Gasteiger partial charge in [0.05, 0.1) is 0 Å². The molecule has 1 N–H and O–H groups in total. The zero-order valence-corrected chi connectivity index (χ0v) is 12.5. The molecular formula is C16H15ClOS. The van der Waals surface area contributed by atoms with Gasteiger partial charge in [0.2, 0.25) is 0 Å². The Kier molecular flexibility index (Phi) is 3.15. The predicted octanol–water partition coefficient (Wildman–Crippen LogP) is 5.54. The maximum Gasteiger partial charge on any atom is 0.120 e. The molecule has 0 atom stereocenters. The Labute approximate surface area is 121 Å². The Hall–Kier alpha value is -1.25. The number of phenols is 1. The lowest BCUT2D eigenvalue weighted by molar-refractivity contribution is 0.470. The van der Waals surface area contributed by atoms with Gasteiger partial charge in [0, 0.05) is 30.8 Å². The summed E-state index contributed by atoms with van der Waals surface area (Å²) in [6, 6.07) is 8.05. The van der Waals surface area contributed by atoms with E-state index in [0.29, 0.717) is 5.75 Å². The fourth-order valence-corrected chi connectivity index (χ4v) is 4.26. The van der Waals surface area contributed by atoms with Crippen LogP contribution in [0.1, 0.15) is 25.0 Å². The molecule has 1 heterocycles. The van der Waals surface area contributed by atoms with Gasteiger partial charge in [-0.15, -0.1) is 11.3 Å². The monoisotopic (exact) mass is 290 g/mol. The van der Waals surface area contributed by atoms with Crippen molar-refractivity contribution in [3.63, 3.8) is 0 Å². The van der Waals surface area contributed by atoms with Crippen LogP contribution in [0.5, 0.6) is 5.75 Å². The van der Waals surface area contributed by atoms with E-state index < -0.39 is 0 Å². The van der Waals surface area contributed by atoms with Crippen LogP contribution in [0, 0.1) is 0 Å². The summed E-state index contributed by atoms with van der Waals surface area (Å²) in [5.41, 5.74) is 2.22. The van der Waals surface area contributed by atoms with E-state index in [1.54, 1.807) is 17.4 Å². The molecule has 0 aliphatic carbocycles. The second-order valence-electron chi connectivity index (χ2n) is 4.69. The van der Waals surface area contributed by atoms with E-state index in [4.69, 9.17) is 11.6 Å². The number of hydrogen-bond acceptors (Lipinski definition) is 2. The molecule has 0 radical (unpaired) electrons. The van der Waals surface area contributed by atoms with Gasteiger partial charge in [0.1, 0.15) is 5.75 Å². The Balaban J connectivity index is 2.45. The van der Waals surface area contributed by atoms with Crippen molar-refractivity contribution < 1.29 is 5.11 Å². The fourth-order valence-electron chi connectivity index (χ4n) is 2.56. The molecule has 0 bridgehead atoms. The van der Waals surface area contributed by atoms with E-state index in [9.17, 15) is 5.11 Å². The van der Waals surface area contributed by atoms with E-state index in [0.717, 1.165) is 23.4 Å². The molecule has 3 heteroatoms. The summed E-state index contributed by atoms with van der Waals surface area (Å²) < 4.78 is 2.37. The minimum Gasteiger partial charge on any atom is -0.508 e. The SMILES string of the molecule is CCc1cc2c(cc1Cl)sc1c(CC)c(O)ccc12. The van der Waals surface area contributed by atoms with E-state index in [2.05, 4.69) is 26.0 Å². The highest BCUT2D eigenvalue weighted by molar-refractivity contribution is 7.26. The summed E-state index contributed by atoms with van der Waals surface area (Å²) in [7, 11) is 0. The summed E-state index contributed by atoms with van der Waals surface area (Å²) in [5, 5.41) is 13.3. The van der Waals surface area contributed by atoms with Gasteiger partial charge < -0.3 is 5.11 Å². The second-order valence-corrected chi connectivity index (χ2v) is 6.15. The Morgan fingerprint density at radius 1 is 1.11 bits per heavy atom. The molecule has 3 rings (SSSR count).